The Hall–Kier alpha value is -0.300. The van der Waals surface area contributed by atoms with Gasteiger partial charge in [-0.1, -0.05) is 57.6 Å². The summed E-state index contributed by atoms with van der Waals surface area (Å²) in [6, 6.07) is 9.60. The van der Waals surface area contributed by atoms with Crippen LogP contribution in [0.1, 0.15) is 56.7 Å². The summed E-state index contributed by atoms with van der Waals surface area (Å²) >= 11 is 0. The van der Waals surface area contributed by atoms with Gasteiger partial charge in [0.25, 0.3) is 0 Å². The van der Waals surface area contributed by atoms with Gasteiger partial charge < -0.3 is 0 Å². The number of unbranched alkanes of at least 4 members (excludes halogenated alkanes) is 2. The van der Waals surface area contributed by atoms with Crippen molar-refractivity contribution in [2.75, 3.05) is 0 Å². The second-order valence-corrected chi connectivity index (χ2v) is 7.04. The average Bonchev–Trinajstić information content (AvgIpc) is 2.85. The van der Waals surface area contributed by atoms with Crippen molar-refractivity contribution in [3.8, 4) is 0 Å². The molecule has 0 saturated carbocycles. The fraction of sp³-hybridized carbons (Fsp3) is 0.526. The predicted octanol–water partition coefficient (Wildman–Crippen LogP) is 5.41. The minimum atomic E-state index is 0. The largest absolute Gasteiger partial charge is 0.168 e. The summed E-state index contributed by atoms with van der Waals surface area (Å²) in [6.07, 6.45) is 7.73. The topological polar surface area (TPSA) is 0 Å². The van der Waals surface area contributed by atoms with Crippen molar-refractivity contribution in [2.24, 2.45) is 5.41 Å². The van der Waals surface area contributed by atoms with E-state index in [9.17, 15) is 0 Å². The van der Waals surface area contributed by atoms with Crippen LogP contribution in [0.25, 0.3) is 10.8 Å². The van der Waals surface area contributed by atoms with Gasteiger partial charge in [-0.05, 0) is 18.3 Å². The fourth-order valence-corrected chi connectivity index (χ4v) is 3.61. The van der Waals surface area contributed by atoms with Crippen molar-refractivity contribution >= 4 is 10.8 Å². The molecule has 0 fully saturated rings. The van der Waals surface area contributed by atoms with Crippen LogP contribution in [0.5, 0.6) is 0 Å². The van der Waals surface area contributed by atoms with Crippen LogP contribution in [0.15, 0.2) is 24.3 Å². The number of benzene rings is 1. The molecule has 0 unspecified atom stereocenters. The van der Waals surface area contributed by atoms with E-state index in [1.165, 1.54) is 49.3 Å². The predicted molar refractivity (Wildman–Crippen MR) is 84.0 cm³/mol. The summed E-state index contributed by atoms with van der Waals surface area (Å²) in [5, 5.41) is 2.98. The van der Waals surface area contributed by atoms with Crippen molar-refractivity contribution < 1.29 is 25.8 Å². The normalized spacial score (nSPS) is 16.1. The summed E-state index contributed by atoms with van der Waals surface area (Å²) in [5.41, 5.74) is 5.21. The minimum absolute atomic E-state index is 0. The van der Waals surface area contributed by atoms with Gasteiger partial charge in [0, 0.05) is 25.8 Å². The molecule has 1 aliphatic carbocycles. The van der Waals surface area contributed by atoms with E-state index in [2.05, 4.69) is 45.0 Å². The van der Waals surface area contributed by atoms with Gasteiger partial charge in [-0.25, -0.2) is 0 Å². The maximum absolute atomic E-state index is 2.49. The van der Waals surface area contributed by atoms with Gasteiger partial charge in [0.05, 0.1) is 0 Å². The monoisotopic (exact) mass is 433 g/mol. The Morgan fingerprint density at radius 1 is 1.10 bits per heavy atom. The first-order chi connectivity index (χ1) is 9.09. The summed E-state index contributed by atoms with van der Waals surface area (Å²) in [7, 11) is 0. The van der Waals surface area contributed by atoms with Crippen molar-refractivity contribution in [1.29, 1.82) is 0 Å². The zero-order valence-electron chi connectivity index (χ0n) is 13.1. The van der Waals surface area contributed by atoms with Crippen molar-refractivity contribution in [3.05, 3.63) is 41.0 Å². The van der Waals surface area contributed by atoms with Gasteiger partial charge in [0.15, 0.2) is 0 Å². The zero-order valence-corrected chi connectivity index (χ0v) is 16.6. The van der Waals surface area contributed by atoms with E-state index in [1.807, 2.05) is 0 Å². The first kappa shape index (κ1) is 16.1. The second kappa shape index (κ2) is 6.22. The minimum Gasteiger partial charge on any atom is -0.168 e. The number of fused-ring (bicyclic) bond motifs is 2. The average molecular weight is 432 g/mol. The molecule has 20 heavy (non-hydrogen) atoms. The molecule has 2 aromatic carbocycles. The Bertz CT molecular complexity index is 589. The van der Waals surface area contributed by atoms with Crippen LogP contribution in [0.3, 0.4) is 0 Å². The van der Waals surface area contributed by atoms with Crippen LogP contribution in [0.2, 0.25) is 0 Å². The molecule has 106 valence electrons. The van der Waals surface area contributed by atoms with Crippen LogP contribution in [-0.2, 0) is 45.1 Å². The van der Waals surface area contributed by atoms with Gasteiger partial charge >= 0.3 is 0 Å². The Morgan fingerprint density at radius 2 is 1.80 bits per heavy atom. The first-order valence-electron chi connectivity index (χ1n) is 7.79. The third kappa shape index (κ3) is 3.13. The molecule has 0 radical (unpaired) electrons. The third-order valence-electron chi connectivity index (χ3n) is 4.57. The Morgan fingerprint density at radius 3 is 2.50 bits per heavy atom. The van der Waals surface area contributed by atoms with Crippen LogP contribution in [-0.4, -0.2) is 0 Å². The third-order valence-corrected chi connectivity index (χ3v) is 4.57. The fourth-order valence-electron chi connectivity index (χ4n) is 3.61. The molecule has 0 aromatic heterocycles. The van der Waals surface area contributed by atoms with Gasteiger partial charge in [-0.15, -0.1) is 34.5 Å². The summed E-state index contributed by atoms with van der Waals surface area (Å²) in [5.74, 6) is 0. The molecule has 0 amide bonds. The number of hydrogen-bond acceptors (Lipinski definition) is 0. The van der Waals surface area contributed by atoms with Crippen molar-refractivity contribution in [3.63, 3.8) is 0 Å². The quantitative estimate of drug-likeness (QED) is 0.345. The Labute approximate surface area is 142 Å². The van der Waals surface area contributed by atoms with Crippen molar-refractivity contribution in [1.82, 2.24) is 0 Å². The molecule has 0 nitrogen and oxygen atoms in total. The SMILES string of the molecule is CCCCC[c-]1ccc2cc3c(cc21)CC(C)(C)C3.[Hf]. The van der Waals surface area contributed by atoms with E-state index in [1.54, 1.807) is 16.7 Å². The molecule has 0 aliphatic heterocycles. The van der Waals surface area contributed by atoms with E-state index >= 15 is 0 Å². The molecule has 1 heteroatoms. The molecular formula is C19H25Hf-. The summed E-state index contributed by atoms with van der Waals surface area (Å²) < 4.78 is 0. The second-order valence-electron chi connectivity index (χ2n) is 7.04. The van der Waals surface area contributed by atoms with Gasteiger partial charge in [0.2, 0.25) is 0 Å². The molecule has 1 aliphatic rings. The van der Waals surface area contributed by atoms with E-state index in [4.69, 9.17) is 0 Å². The van der Waals surface area contributed by atoms with Gasteiger partial charge in [0.1, 0.15) is 0 Å². The first-order valence-corrected chi connectivity index (χ1v) is 7.79. The summed E-state index contributed by atoms with van der Waals surface area (Å²) in [4.78, 5) is 0. The molecule has 0 atom stereocenters. The van der Waals surface area contributed by atoms with E-state index in [0.717, 1.165) is 0 Å². The van der Waals surface area contributed by atoms with E-state index in [-0.39, 0.29) is 25.8 Å². The molecule has 0 bridgehead atoms. The standard InChI is InChI=1S/C19H25.Hf/c1-4-5-6-7-14-8-9-15-10-16-12-19(2,3)13-17(16)11-18(14)15;/h8-11H,4-7,12-13H2,1-3H3;/q-1;. The zero-order chi connectivity index (χ0) is 13.5. The maximum atomic E-state index is 2.49. The van der Waals surface area contributed by atoms with E-state index in [0.29, 0.717) is 5.41 Å². The molecular weight excluding hydrogens is 407 g/mol. The van der Waals surface area contributed by atoms with Gasteiger partial charge in [-0.2, -0.15) is 6.07 Å². The molecule has 0 spiro atoms. The van der Waals surface area contributed by atoms with Gasteiger partial charge in [-0.3, -0.25) is 0 Å². The molecule has 3 rings (SSSR count). The molecule has 0 heterocycles. The van der Waals surface area contributed by atoms with Crippen LogP contribution in [0, 0.1) is 5.41 Å². The number of rotatable bonds is 4. The number of hydrogen-bond donors (Lipinski definition) is 0. The molecule has 0 N–H and O–H groups in total. The van der Waals surface area contributed by atoms with Crippen LogP contribution < -0.4 is 0 Å². The molecule has 2 aromatic rings. The smallest absolute Gasteiger partial charge is 0 e. The maximum Gasteiger partial charge on any atom is 0 e. The van der Waals surface area contributed by atoms with E-state index < -0.39 is 0 Å². The van der Waals surface area contributed by atoms with Crippen LogP contribution >= 0.6 is 0 Å². The Balaban J connectivity index is 0.00000147. The van der Waals surface area contributed by atoms with Crippen molar-refractivity contribution in [2.45, 2.75) is 59.3 Å². The summed E-state index contributed by atoms with van der Waals surface area (Å²) in [6.45, 7) is 7.05. The molecule has 0 saturated heterocycles. The van der Waals surface area contributed by atoms with Crippen LogP contribution in [0.4, 0.5) is 0 Å². The Kier molecular flexibility index (Phi) is 5.00. The number of aryl methyl sites for hydroxylation is 1.